The smallest absolute Gasteiger partial charge is 0.220 e. The summed E-state index contributed by atoms with van der Waals surface area (Å²) in [5, 5.41) is 26.2. The van der Waals surface area contributed by atoms with Gasteiger partial charge in [-0.25, -0.2) is 0 Å². The van der Waals surface area contributed by atoms with Gasteiger partial charge in [-0.05, 0) is 6.42 Å². The zero-order chi connectivity index (χ0) is 19.2. The van der Waals surface area contributed by atoms with Gasteiger partial charge in [0.05, 0.1) is 26.3 Å². The van der Waals surface area contributed by atoms with Crippen LogP contribution in [0.2, 0.25) is 0 Å². The molecule has 0 aromatic carbocycles. The second kappa shape index (κ2) is 23.8. The molecule has 1 rings (SSSR count). The van der Waals surface area contributed by atoms with Gasteiger partial charge in [0.1, 0.15) is 5.78 Å². The van der Waals surface area contributed by atoms with Crippen molar-refractivity contribution in [3.8, 4) is 0 Å². The SMILES string of the molecule is NCC(=O)CCCO.NCCO.NCCO.O=C1CCC(=O)NC1. The zero-order valence-electron chi connectivity index (χ0n) is 14.1. The van der Waals surface area contributed by atoms with Gasteiger partial charge in [0.15, 0.2) is 5.78 Å². The van der Waals surface area contributed by atoms with Crippen molar-refractivity contribution in [1.82, 2.24) is 5.32 Å². The van der Waals surface area contributed by atoms with Crippen molar-refractivity contribution in [2.75, 3.05) is 46.0 Å². The summed E-state index contributed by atoms with van der Waals surface area (Å²) in [6, 6.07) is 0. The Bertz CT molecular complexity index is 280. The van der Waals surface area contributed by atoms with E-state index in [4.69, 9.17) is 32.5 Å². The summed E-state index contributed by atoms with van der Waals surface area (Å²) >= 11 is 0. The predicted molar refractivity (Wildman–Crippen MR) is 89.9 cm³/mol. The molecule has 0 unspecified atom stereocenters. The van der Waals surface area contributed by atoms with Gasteiger partial charge in [-0.3, -0.25) is 14.4 Å². The molecule has 10 heteroatoms. The average molecular weight is 352 g/mol. The molecular weight excluding hydrogens is 320 g/mol. The molecule has 0 atom stereocenters. The number of carbonyl (C=O) groups is 3. The van der Waals surface area contributed by atoms with Crippen molar-refractivity contribution < 1.29 is 29.7 Å². The normalized spacial score (nSPS) is 12.4. The zero-order valence-corrected chi connectivity index (χ0v) is 14.1. The Hall–Kier alpha value is -1.43. The van der Waals surface area contributed by atoms with Crippen LogP contribution in [0.4, 0.5) is 0 Å². The van der Waals surface area contributed by atoms with Crippen LogP contribution in [0.5, 0.6) is 0 Å². The number of amides is 1. The van der Waals surface area contributed by atoms with E-state index in [1.165, 1.54) is 0 Å². The molecule has 24 heavy (non-hydrogen) atoms. The summed E-state index contributed by atoms with van der Waals surface area (Å²) in [7, 11) is 0. The maximum Gasteiger partial charge on any atom is 0.220 e. The molecule has 0 radical (unpaired) electrons. The van der Waals surface area contributed by atoms with E-state index >= 15 is 0 Å². The maximum absolute atomic E-state index is 10.4. The fourth-order valence-electron chi connectivity index (χ4n) is 1.01. The lowest BCUT2D eigenvalue weighted by molar-refractivity contribution is -0.129. The van der Waals surface area contributed by atoms with Gasteiger partial charge in [-0.15, -0.1) is 0 Å². The van der Waals surface area contributed by atoms with Gasteiger partial charge in [0.2, 0.25) is 5.91 Å². The fourth-order valence-corrected chi connectivity index (χ4v) is 1.01. The number of hydrogen-bond acceptors (Lipinski definition) is 9. The van der Waals surface area contributed by atoms with Crippen LogP contribution in [0.15, 0.2) is 0 Å². The molecule has 1 amide bonds. The number of Topliss-reactive ketones (excluding diaryl/α,β-unsaturated/α-hetero) is 2. The quantitative estimate of drug-likeness (QED) is 0.254. The van der Waals surface area contributed by atoms with Crippen LogP contribution >= 0.6 is 0 Å². The minimum atomic E-state index is -0.00963. The van der Waals surface area contributed by atoms with Crippen LogP contribution in [0.3, 0.4) is 0 Å². The molecule has 1 saturated heterocycles. The summed E-state index contributed by atoms with van der Waals surface area (Å²) < 4.78 is 0. The van der Waals surface area contributed by atoms with Crippen LogP contribution < -0.4 is 22.5 Å². The fraction of sp³-hybridized carbons (Fsp3) is 0.786. The van der Waals surface area contributed by atoms with E-state index < -0.39 is 0 Å². The molecule has 0 aromatic rings. The highest BCUT2D eigenvalue weighted by Crippen LogP contribution is 1.95. The molecule has 1 aliphatic heterocycles. The van der Waals surface area contributed by atoms with Gasteiger partial charge in [-0.1, -0.05) is 0 Å². The number of ketones is 2. The molecule has 0 spiro atoms. The van der Waals surface area contributed by atoms with Crippen LogP contribution in [0.1, 0.15) is 25.7 Å². The number of piperidine rings is 1. The van der Waals surface area contributed by atoms with Gasteiger partial charge in [0, 0.05) is 39.0 Å². The molecule has 1 fully saturated rings. The van der Waals surface area contributed by atoms with Gasteiger partial charge in [0.25, 0.3) is 0 Å². The van der Waals surface area contributed by atoms with Crippen molar-refractivity contribution >= 4 is 17.5 Å². The van der Waals surface area contributed by atoms with E-state index in [-0.39, 0.29) is 50.4 Å². The van der Waals surface area contributed by atoms with Gasteiger partial charge >= 0.3 is 0 Å². The van der Waals surface area contributed by atoms with Crippen molar-refractivity contribution in [3.05, 3.63) is 0 Å². The predicted octanol–water partition coefficient (Wildman–Crippen LogP) is -3.37. The summed E-state index contributed by atoms with van der Waals surface area (Å²) in [4.78, 5) is 31.1. The molecule has 10 nitrogen and oxygen atoms in total. The van der Waals surface area contributed by atoms with E-state index in [9.17, 15) is 14.4 Å². The molecule has 0 bridgehead atoms. The van der Waals surface area contributed by atoms with Gasteiger partial charge < -0.3 is 37.8 Å². The third kappa shape index (κ3) is 28.7. The average Bonchev–Trinajstić information content (AvgIpc) is 2.63. The summed E-state index contributed by atoms with van der Waals surface area (Å²) in [6.07, 6.45) is 1.74. The van der Waals surface area contributed by atoms with Crippen LogP contribution in [0.25, 0.3) is 0 Å². The number of carbonyl (C=O) groups excluding carboxylic acids is 3. The van der Waals surface area contributed by atoms with Crippen LogP contribution in [0, 0.1) is 0 Å². The van der Waals surface area contributed by atoms with Crippen LogP contribution in [-0.2, 0) is 14.4 Å². The Kier molecular flexibility index (Phi) is 27.2. The molecule has 10 N–H and O–H groups in total. The monoisotopic (exact) mass is 352 g/mol. The lowest BCUT2D eigenvalue weighted by Gasteiger charge is -2.08. The molecule has 144 valence electrons. The van der Waals surface area contributed by atoms with Crippen molar-refractivity contribution in [2.24, 2.45) is 17.2 Å². The van der Waals surface area contributed by atoms with Crippen LogP contribution in [-0.4, -0.2) is 78.8 Å². The lowest BCUT2D eigenvalue weighted by Crippen LogP contribution is -2.34. The second-order valence-corrected chi connectivity index (χ2v) is 4.41. The number of hydrogen-bond donors (Lipinski definition) is 7. The Morgan fingerprint density at radius 3 is 1.71 bits per heavy atom. The lowest BCUT2D eigenvalue weighted by atomic mass is 10.1. The van der Waals surface area contributed by atoms with Crippen molar-refractivity contribution in [1.29, 1.82) is 0 Å². The highest BCUT2D eigenvalue weighted by Gasteiger charge is 2.12. The van der Waals surface area contributed by atoms with E-state index in [0.29, 0.717) is 38.8 Å². The third-order valence-electron chi connectivity index (χ3n) is 2.21. The minimum absolute atomic E-state index is 0.00963. The summed E-state index contributed by atoms with van der Waals surface area (Å²) in [5.74, 6) is 0.133. The van der Waals surface area contributed by atoms with E-state index in [1.807, 2.05) is 0 Å². The first-order chi connectivity index (χ1) is 11.4. The highest BCUT2D eigenvalue weighted by molar-refractivity contribution is 5.92. The maximum atomic E-state index is 10.4. The van der Waals surface area contributed by atoms with E-state index in [2.05, 4.69) is 5.32 Å². The molecule has 1 aliphatic rings. The summed E-state index contributed by atoms with van der Waals surface area (Å²) in [6.45, 7) is 1.35. The number of nitrogens with two attached hydrogens (primary N) is 3. The molecule has 1 heterocycles. The van der Waals surface area contributed by atoms with Gasteiger partial charge in [-0.2, -0.15) is 0 Å². The third-order valence-corrected chi connectivity index (χ3v) is 2.21. The molecular formula is C14H32N4O6. The molecule has 0 saturated carbocycles. The topological polar surface area (TPSA) is 202 Å². The second-order valence-electron chi connectivity index (χ2n) is 4.41. The number of nitrogens with one attached hydrogen (secondary N) is 1. The Balaban J connectivity index is -0.000000260. The highest BCUT2D eigenvalue weighted by atomic mass is 16.3. The molecule has 0 aromatic heterocycles. The number of aliphatic hydroxyl groups is 3. The van der Waals surface area contributed by atoms with E-state index in [1.54, 1.807) is 0 Å². The van der Waals surface area contributed by atoms with Crippen molar-refractivity contribution in [2.45, 2.75) is 25.7 Å². The number of aliphatic hydroxyl groups excluding tert-OH is 3. The van der Waals surface area contributed by atoms with Crippen molar-refractivity contribution in [3.63, 3.8) is 0 Å². The largest absolute Gasteiger partial charge is 0.396 e. The van der Waals surface area contributed by atoms with E-state index in [0.717, 1.165) is 0 Å². The Morgan fingerprint density at radius 2 is 1.46 bits per heavy atom. The standard InChI is InChI=1S/C5H7NO2.C5H11NO2.2C2H7NO/c7-4-1-2-5(8)6-3-4;6-4-5(8)2-1-3-7;2*3-1-2-4/h1-3H2,(H,6,8);7H,1-4,6H2;2*4H,1-3H2. The minimum Gasteiger partial charge on any atom is -0.396 e. The first-order valence-corrected chi connectivity index (χ1v) is 7.66. The first-order valence-electron chi connectivity index (χ1n) is 7.66. The molecule has 0 aliphatic carbocycles. The summed E-state index contributed by atoms with van der Waals surface area (Å²) in [5.41, 5.74) is 14.5. The number of rotatable bonds is 6. The first kappa shape index (κ1) is 27.4. The Morgan fingerprint density at radius 1 is 0.958 bits per heavy atom. The Labute approximate surface area is 142 Å².